The molecule has 0 unspecified atom stereocenters. The fourth-order valence-corrected chi connectivity index (χ4v) is 4.26. The van der Waals surface area contributed by atoms with E-state index in [0.717, 1.165) is 22.0 Å². The Kier molecular flexibility index (Phi) is 8.43. The van der Waals surface area contributed by atoms with E-state index in [1.54, 1.807) is 18.2 Å². The van der Waals surface area contributed by atoms with Gasteiger partial charge in [0.15, 0.2) is 11.5 Å². The van der Waals surface area contributed by atoms with Crippen molar-refractivity contribution in [2.75, 3.05) is 13.2 Å². The topological polar surface area (TPSA) is 87.1 Å². The van der Waals surface area contributed by atoms with Crippen LogP contribution in [-0.2, 0) is 17.8 Å². The molecule has 0 spiro atoms. The minimum absolute atomic E-state index is 0.00929. The first-order valence-corrected chi connectivity index (χ1v) is 12.5. The highest BCUT2D eigenvalue weighted by Crippen LogP contribution is 2.35. The SMILES string of the molecule is CCOc1cc(/C=C(/C#N)C(=O)NCCc2c[nH]c3ccccc23)c(Br)cc1OCc1ccccc1. The van der Waals surface area contributed by atoms with Crippen molar-refractivity contribution in [1.82, 2.24) is 10.3 Å². The Morgan fingerprint density at radius 2 is 1.83 bits per heavy atom. The van der Waals surface area contributed by atoms with Crippen LogP contribution in [0, 0.1) is 11.3 Å². The van der Waals surface area contributed by atoms with Crippen LogP contribution in [0.2, 0.25) is 0 Å². The number of carbonyl (C=O) groups is 1. The number of halogens is 1. The van der Waals surface area contributed by atoms with E-state index in [2.05, 4.69) is 26.2 Å². The zero-order valence-electron chi connectivity index (χ0n) is 19.9. The monoisotopic (exact) mass is 543 g/mol. The lowest BCUT2D eigenvalue weighted by atomic mass is 10.1. The number of benzene rings is 3. The third kappa shape index (κ3) is 6.15. The molecule has 1 amide bonds. The highest BCUT2D eigenvalue weighted by Gasteiger charge is 2.14. The van der Waals surface area contributed by atoms with Crippen molar-refractivity contribution in [1.29, 1.82) is 5.26 Å². The number of aromatic nitrogens is 1. The number of fused-ring (bicyclic) bond motifs is 1. The molecule has 0 aliphatic rings. The zero-order valence-corrected chi connectivity index (χ0v) is 21.5. The maximum atomic E-state index is 12.7. The van der Waals surface area contributed by atoms with Crippen LogP contribution in [0.25, 0.3) is 17.0 Å². The van der Waals surface area contributed by atoms with Gasteiger partial charge in [-0.1, -0.05) is 64.5 Å². The second-order valence-corrected chi connectivity index (χ2v) is 8.92. The molecule has 6 nitrogen and oxygen atoms in total. The minimum atomic E-state index is -0.424. The van der Waals surface area contributed by atoms with E-state index in [0.29, 0.717) is 47.7 Å². The van der Waals surface area contributed by atoms with E-state index >= 15 is 0 Å². The molecule has 0 saturated heterocycles. The number of H-pyrrole nitrogens is 1. The van der Waals surface area contributed by atoms with E-state index in [1.165, 1.54) is 0 Å². The molecule has 0 aliphatic heterocycles. The summed E-state index contributed by atoms with van der Waals surface area (Å²) < 4.78 is 12.5. The second-order valence-electron chi connectivity index (χ2n) is 8.06. The van der Waals surface area contributed by atoms with Crippen LogP contribution in [0.15, 0.2) is 83.0 Å². The van der Waals surface area contributed by atoms with Gasteiger partial charge >= 0.3 is 0 Å². The predicted octanol–water partition coefficient (Wildman–Crippen LogP) is 6.17. The van der Waals surface area contributed by atoms with Gasteiger partial charge in [0, 0.05) is 28.1 Å². The highest BCUT2D eigenvalue weighted by molar-refractivity contribution is 9.10. The number of amides is 1. The first kappa shape index (κ1) is 25.1. The summed E-state index contributed by atoms with van der Waals surface area (Å²) in [6, 6.07) is 23.5. The van der Waals surface area contributed by atoms with E-state index < -0.39 is 5.91 Å². The Morgan fingerprint density at radius 1 is 1.08 bits per heavy atom. The van der Waals surface area contributed by atoms with Crippen molar-refractivity contribution in [3.05, 3.63) is 99.7 Å². The summed E-state index contributed by atoms with van der Waals surface area (Å²) in [5.41, 5.74) is 3.87. The number of hydrogen-bond donors (Lipinski definition) is 2. The summed E-state index contributed by atoms with van der Waals surface area (Å²) >= 11 is 3.54. The van der Waals surface area contributed by atoms with Crippen LogP contribution in [0.5, 0.6) is 11.5 Å². The number of rotatable bonds is 10. The molecule has 0 bridgehead atoms. The van der Waals surface area contributed by atoms with E-state index in [9.17, 15) is 10.1 Å². The summed E-state index contributed by atoms with van der Waals surface area (Å²) in [5.74, 6) is 0.693. The number of hydrogen-bond acceptors (Lipinski definition) is 4. The standard InChI is InChI=1S/C29H26BrN3O3/c1-2-35-27-15-22(25(30)16-28(27)36-19-20-8-4-3-5-9-20)14-23(17-31)29(34)32-13-12-21-18-33-26-11-7-6-10-24(21)26/h3-11,14-16,18,33H,2,12-13,19H2,1H3,(H,32,34)/b23-14-. The quantitative estimate of drug-likeness (QED) is 0.185. The van der Waals surface area contributed by atoms with Crippen molar-refractivity contribution in [3.8, 4) is 17.6 Å². The molecule has 1 aromatic heterocycles. The van der Waals surface area contributed by atoms with Gasteiger partial charge in [0.2, 0.25) is 0 Å². The normalized spacial score (nSPS) is 11.2. The van der Waals surface area contributed by atoms with Gasteiger partial charge in [-0.15, -0.1) is 0 Å². The number of carbonyl (C=O) groups excluding carboxylic acids is 1. The van der Waals surface area contributed by atoms with Gasteiger partial charge in [0.25, 0.3) is 5.91 Å². The molecule has 36 heavy (non-hydrogen) atoms. The van der Waals surface area contributed by atoms with Gasteiger partial charge in [-0.05, 0) is 54.3 Å². The van der Waals surface area contributed by atoms with E-state index in [4.69, 9.17) is 9.47 Å². The molecular formula is C29H26BrN3O3. The second kappa shape index (κ2) is 12.1. The fraction of sp³-hybridized carbons (Fsp3) is 0.172. The molecule has 7 heteroatoms. The van der Waals surface area contributed by atoms with Crippen LogP contribution in [0.3, 0.4) is 0 Å². The third-order valence-electron chi connectivity index (χ3n) is 5.62. The molecule has 0 aliphatic carbocycles. The van der Waals surface area contributed by atoms with E-state index in [-0.39, 0.29) is 5.57 Å². The molecule has 0 saturated carbocycles. The summed E-state index contributed by atoms with van der Waals surface area (Å²) in [6.07, 6.45) is 4.15. The molecule has 2 N–H and O–H groups in total. The van der Waals surface area contributed by atoms with Gasteiger partial charge in [0.05, 0.1) is 6.61 Å². The Bertz CT molecular complexity index is 1420. The molecule has 4 rings (SSSR count). The lowest BCUT2D eigenvalue weighted by Gasteiger charge is -2.14. The number of nitrogens with one attached hydrogen (secondary N) is 2. The summed E-state index contributed by atoms with van der Waals surface area (Å²) in [4.78, 5) is 16.0. The van der Waals surface area contributed by atoms with Gasteiger partial charge in [0.1, 0.15) is 18.2 Å². The Labute approximate surface area is 218 Å². The number of ether oxygens (including phenoxy) is 2. The lowest BCUT2D eigenvalue weighted by molar-refractivity contribution is -0.117. The van der Waals surface area contributed by atoms with Crippen LogP contribution in [0.1, 0.15) is 23.6 Å². The van der Waals surface area contributed by atoms with Gasteiger partial charge < -0.3 is 19.8 Å². The molecule has 4 aromatic rings. The number of aromatic amines is 1. The third-order valence-corrected chi connectivity index (χ3v) is 6.31. The van der Waals surface area contributed by atoms with Gasteiger partial charge in [-0.2, -0.15) is 5.26 Å². The van der Waals surface area contributed by atoms with Crippen molar-refractivity contribution < 1.29 is 14.3 Å². The molecule has 0 fully saturated rings. The maximum Gasteiger partial charge on any atom is 0.261 e. The summed E-state index contributed by atoms with van der Waals surface area (Å²) in [7, 11) is 0. The van der Waals surface area contributed by atoms with Gasteiger partial charge in [-0.25, -0.2) is 0 Å². The Balaban J connectivity index is 1.46. The van der Waals surface area contributed by atoms with E-state index in [1.807, 2.05) is 73.8 Å². The average Bonchev–Trinajstić information content (AvgIpc) is 3.31. The predicted molar refractivity (Wildman–Crippen MR) is 145 cm³/mol. The summed E-state index contributed by atoms with van der Waals surface area (Å²) in [6.45, 7) is 3.15. The molecule has 0 atom stereocenters. The average molecular weight is 544 g/mol. The van der Waals surface area contributed by atoms with Crippen LogP contribution in [0.4, 0.5) is 0 Å². The fourth-order valence-electron chi connectivity index (χ4n) is 3.83. The van der Waals surface area contributed by atoms with Crippen molar-refractivity contribution in [2.24, 2.45) is 0 Å². The molecule has 3 aromatic carbocycles. The zero-order chi connectivity index (χ0) is 25.3. The van der Waals surface area contributed by atoms with Crippen molar-refractivity contribution in [3.63, 3.8) is 0 Å². The molecule has 182 valence electrons. The van der Waals surface area contributed by atoms with Gasteiger partial charge in [-0.3, -0.25) is 4.79 Å². The maximum absolute atomic E-state index is 12.7. The molecule has 1 heterocycles. The largest absolute Gasteiger partial charge is 0.490 e. The Morgan fingerprint density at radius 3 is 2.61 bits per heavy atom. The Hall–Kier alpha value is -4.02. The summed E-state index contributed by atoms with van der Waals surface area (Å²) in [5, 5.41) is 13.6. The number of para-hydroxylation sites is 1. The number of nitrogens with zero attached hydrogens (tertiary/aromatic N) is 1. The van der Waals surface area contributed by atoms with Crippen LogP contribution in [-0.4, -0.2) is 24.0 Å². The van der Waals surface area contributed by atoms with Crippen LogP contribution < -0.4 is 14.8 Å². The smallest absolute Gasteiger partial charge is 0.261 e. The highest BCUT2D eigenvalue weighted by atomic mass is 79.9. The van der Waals surface area contributed by atoms with Crippen molar-refractivity contribution >= 4 is 38.8 Å². The molecular weight excluding hydrogens is 518 g/mol. The van der Waals surface area contributed by atoms with Crippen LogP contribution >= 0.6 is 15.9 Å². The van der Waals surface area contributed by atoms with Crippen molar-refractivity contribution in [2.45, 2.75) is 20.0 Å². The number of nitriles is 1. The minimum Gasteiger partial charge on any atom is -0.490 e. The first-order valence-electron chi connectivity index (χ1n) is 11.7. The molecule has 0 radical (unpaired) electrons. The lowest BCUT2D eigenvalue weighted by Crippen LogP contribution is -2.26. The first-order chi connectivity index (χ1) is 17.6.